The normalized spacial score (nSPS) is 11.7. The van der Waals surface area contributed by atoms with Gasteiger partial charge < -0.3 is 0 Å². The average molecular weight is 435 g/mol. The molecule has 0 atom stereocenters. The molecule has 0 spiro atoms. The molecule has 0 aromatic heterocycles. The molecule has 2 rings (SSSR count). The largest absolute Gasteiger partial charge is 0.0885 e. The SMILES string of the molecule is CCCCCCCCCCCC/C=C/CCCCCCCCc1ccc2ccccc2c1. The predicted octanol–water partition coefficient (Wildman–Crippen LogP) is 11.0. The molecule has 2 aromatic rings. The number of rotatable bonds is 20. The molecule has 0 heterocycles. The summed E-state index contributed by atoms with van der Waals surface area (Å²) in [7, 11) is 0. The summed E-state index contributed by atoms with van der Waals surface area (Å²) < 4.78 is 0. The lowest BCUT2D eigenvalue weighted by Gasteiger charge is -2.04. The second-order valence-electron chi connectivity index (χ2n) is 9.78. The van der Waals surface area contributed by atoms with Crippen LogP contribution in [0.3, 0.4) is 0 Å². The Bertz CT molecular complexity index is 711. The summed E-state index contributed by atoms with van der Waals surface area (Å²) in [5.74, 6) is 0. The first-order valence-corrected chi connectivity index (χ1v) is 14.0. The van der Waals surface area contributed by atoms with E-state index in [1.54, 1.807) is 0 Å². The Balaban J connectivity index is 1.31. The number of fused-ring (bicyclic) bond motifs is 1. The maximum atomic E-state index is 2.44. The Hall–Kier alpha value is -1.56. The average Bonchev–Trinajstić information content (AvgIpc) is 2.82. The van der Waals surface area contributed by atoms with Gasteiger partial charge in [-0.1, -0.05) is 145 Å². The lowest BCUT2D eigenvalue weighted by molar-refractivity contribution is 0.557. The van der Waals surface area contributed by atoms with Crippen LogP contribution in [-0.2, 0) is 6.42 Å². The number of allylic oxidation sites excluding steroid dienone is 2. The van der Waals surface area contributed by atoms with Gasteiger partial charge in [-0.2, -0.15) is 0 Å². The fourth-order valence-electron chi connectivity index (χ4n) is 4.68. The van der Waals surface area contributed by atoms with Gasteiger partial charge in [0.1, 0.15) is 0 Å². The molecule has 178 valence electrons. The Morgan fingerprint density at radius 1 is 0.500 bits per heavy atom. The fourth-order valence-corrected chi connectivity index (χ4v) is 4.68. The van der Waals surface area contributed by atoms with Crippen molar-refractivity contribution in [3.8, 4) is 0 Å². The van der Waals surface area contributed by atoms with Crippen molar-refractivity contribution < 1.29 is 0 Å². The molecule has 0 unspecified atom stereocenters. The van der Waals surface area contributed by atoms with Gasteiger partial charge in [0.15, 0.2) is 0 Å². The molecule has 0 amide bonds. The summed E-state index contributed by atoms with van der Waals surface area (Å²) in [6.45, 7) is 2.30. The minimum atomic E-state index is 1.23. The summed E-state index contributed by atoms with van der Waals surface area (Å²) in [5.41, 5.74) is 1.50. The molecule has 0 fully saturated rings. The van der Waals surface area contributed by atoms with E-state index in [1.807, 2.05) is 0 Å². The summed E-state index contributed by atoms with van der Waals surface area (Å²) >= 11 is 0. The first kappa shape index (κ1) is 26.7. The highest BCUT2D eigenvalue weighted by Crippen LogP contribution is 2.18. The topological polar surface area (TPSA) is 0 Å². The van der Waals surface area contributed by atoms with Gasteiger partial charge in [-0.25, -0.2) is 0 Å². The Labute approximate surface area is 199 Å². The molecular weight excluding hydrogens is 384 g/mol. The van der Waals surface area contributed by atoms with Crippen LogP contribution in [0, 0.1) is 0 Å². The van der Waals surface area contributed by atoms with Crippen LogP contribution in [0.1, 0.15) is 128 Å². The van der Waals surface area contributed by atoms with Crippen LogP contribution in [0.5, 0.6) is 0 Å². The smallest absolute Gasteiger partial charge is 0.0181 e. The lowest BCUT2D eigenvalue weighted by Crippen LogP contribution is -1.87. The van der Waals surface area contributed by atoms with E-state index in [1.165, 1.54) is 138 Å². The van der Waals surface area contributed by atoms with E-state index < -0.39 is 0 Å². The second-order valence-corrected chi connectivity index (χ2v) is 9.78. The van der Waals surface area contributed by atoms with Gasteiger partial charge in [0, 0.05) is 0 Å². The van der Waals surface area contributed by atoms with E-state index in [0.717, 1.165) is 0 Å². The van der Waals surface area contributed by atoms with Crippen molar-refractivity contribution in [3.63, 3.8) is 0 Å². The van der Waals surface area contributed by atoms with Crippen molar-refractivity contribution in [2.75, 3.05) is 0 Å². The van der Waals surface area contributed by atoms with Crippen LogP contribution in [0.25, 0.3) is 10.8 Å². The summed E-state index contributed by atoms with van der Waals surface area (Å²) in [5, 5.41) is 2.74. The van der Waals surface area contributed by atoms with Gasteiger partial charge in [0.25, 0.3) is 0 Å². The fraction of sp³-hybridized carbons (Fsp3) is 0.625. The van der Waals surface area contributed by atoms with Gasteiger partial charge >= 0.3 is 0 Å². The van der Waals surface area contributed by atoms with Crippen LogP contribution >= 0.6 is 0 Å². The molecule has 0 aliphatic carbocycles. The molecule has 2 aromatic carbocycles. The summed E-state index contributed by atoms with van der Waals surface area (Å²) in [4.78, 5) is 0. The van der Waals surface area contributed by atoms with Gasteiger partial charge in [0.05, 0.1) is 0 Å². The molecule has 32 heavy (non-hydrogen) atoms. The van der Waals surface area contributed by atoms with Gasteiger partial charge in [-0.05, 0) is 54.9 Å². The van der Waals surface area contributed by atoms with Gasteiger partial charge in [-0.15, -0.1) is 0 Å². The number of benzene rings is 2. The Morgan fingerprint density at radius 2 is 1.00 bits per heavy atom. The van der Waals surface area contributed by atoms with E-state index in [4.69, 9.17) is 0 Å². The van der Waals surface area contributed by atoms with E-state index in [0.29, 0.717) is 0 Å². The lowest BCUT2D eigenvalue weighted by atomic mass is 10.0. The van der Waals surface area contributed by atoms with Crippen LogP contribution < -0.4 is 0 Å². The van der Waals surface area contributed by atoms with Crippen LogP contribution in [0.15, 0.2) is 54.6 Å². The number of hydrogen-bond donors (Lipinski definition) is 0. The highest BCUT2D eigenvalue weighted by molar-refractivity contribution is 5.82. The summed E-state index contributed by atoms with van der Waals surface area (Å²) in [6.07, 6.45) is 31.3. The quantitative estimate of drug-likeness (QED) is 0.143. The Morgan fingerprint density at radius 3 is 1.59 bits per heavy atom. The first-order valence-electron chi connectivity index (χ1n) is 14.0. The van der Waals surface area contributed by atoms with Crippen molar-refractivity contribution in [2.45, 2.75) is 129 Å². The molecule has 0 nitrogen and oxygen atoms in total. The van der Waals surface area contributed by atoms with E-state index in [2.05, 4.69) is 61.5 Å². The first-order chi connectivity index (χ1) is 15.9. The molecular formula is C32H50. The highest BCUT2D eigenvalue weighted by atomic mass is 14.0. The minimum Gasteiger partial charge on any atom is -0.0885 e. The van der Waals surface area contributed by atoms with Crippen LogP contribution in [-0.4, -0.2) is 0 Å². The number of hydrogen-bond acceptors (Lipinski definition) is 0. The zero-order valence-corrected chi connectivity index (χ0v) is 21.1. The third kappa shape index (κ3) is 13.1. The van der Waals surface area contributed by atoms with Gasteiger partial charge in [0.2, 0.25) is 0 Å². The zero-order chi connectivity index (χ0) is 22.5. The second kappa shape index (κ2) is 19.0. The molecule has 0 aliphatic rings. The molecule has 0 N–H and O–H groups in total. The third-order valence-electron chi connectivity index (χ3n) is 6.79. The van der Waals surface area contributed by atoms with Crippen LogP contribution in [0.4, 0.5) is 0 Å². The maximum Gasteiger partial charge on any atom is -0.0181 e. The molecule has 0 saturated carbocycles. The monoisotopic (exact) mass is 434 g/mol. The molecule has 0 radical (unpaired) electrons. The van der Waals surface area contributed by atoms with Crippen molar-refractivity contribution in [2.24, 2.45) is 0 Å². The highest BCUT2D eigenvalue weighted by Gasteiger charge is 1.97. The van der Waals surface area contributed by atoms with E-state index in [-0.39, 0.29) is 0 Å². The predicted molar refractivity (Wildman–Crippen MR) is 146 cm³/mol. The molecule has 0 aliphatic heterocycles. The molecule has 0 bridgehead atoms. The van der Waals surface area contributed by atoms with Crippen molar-refractivity contribution in [3.05, 3.63) is 60.2 Å². The maximum absolute atomic E-state index is 2.44. The summed E-state index contributed by atoms with van der Waals surface area (Å²) in [6, 6.07) is 15.6. The molecule has 0 heteroatoms. The van der Waals surface area contributed by atoms with Crippen molar-refractivity contribution in [1.29, 1.82) is 0 Å². The molecule has 0 saturated heterocycles. The number of unbranched alkanes of at least 4 members (excludes halogenated alkanes) is 16. The van der Waals surface area contributed by atoms with Gasteiger partial charge in [-0.3, -0.25) is 0 Å². The minimum absolute atomic E-state index is 1.23. The number of aryl methyl sites for hydroxylation is 1. The van der Waals surface area contributed by atoms with Crippen molar-refractivity contribution >= 4 is 10.8 Å². The van der Waals surface area contributed by atoms with E-state index >= 15 is 0 Å². The third-order valence-corrected chi connectivity index (χ3v) is 6.79. The standard InChI is InChI=1S/C32H50/c1-2-3-4-5-6-7-8-9-10-11-12-13-14-15-16-17-18-19-20-21-24-30-27-28-31-25-22-23-26-32(31)29-30/h13-14,22-23,25-29H,2-12,15-21,24H2,1H3/b14-13+. The van der Waals surface area contributed by atoms with Crippen LogP contribution in [0.2, 0.25) is 0 Å². The van der Waals surface area contributed by atoms with E-state index in [9.17, 15) is 0 Å². The zero-order valence-electron chi connectivity index (χ0n) is 21.1. The Kier molecular flexibility index (Phi) is 15.8. The van der Waals surface area contributed by atoms with Crippen molar-refractivity contribution in [1.82, 2.24) is 0 Å².